The Morgan fingerprint density at radius 3 is 2.95 bits per heavy atom. The van der Waals surface area contributed by atoms with Crippen molar-refractivity contribution in [2.75, 3.05) is 20.6 Å². The van der Waals surface area contributed by atoms with Gasteiger partial charge in [-0.15, -0.1) is 0 Å². The quantitative estimate of drug-likeness (QED) is 0.802. The number of likely N-dealkylation sites (N-methyl/N-ethyl adjacent to an activating group) is 1. The largest absolute Gasteiger partial charge is 0.468 e. The molecule has 1 aliphatic heterocycles. The van der Waals surface area contributed by atoms with E-state index in [-0.39, 0.29) is 17.9 Å². The number of hydrogen-bond donors (Lipinski definition) is 2. The molecule has 1 aliphatic rings. The van der Waals surface area contributed by atoms with Crippen LogP contribution in [0.5, 0.6) is 0 Å². The number of nitrogens with one attached hydrogen (secondary N) is 2. The zero-order valence-electron chi connectivity index (χ0n) is 11.2. The van der Waals surface area contributed by atoms with Crippen LogP contribution in [0.4, 0.5) is 0 Å². The van der Waals surface area contributed by atoms with E-state index in [9.17, 15) is 9.59 Å². The van der Waals surface area contributed by atoms with Gasteiger partial charge in [-0.25, -0.2) is 0 Å². The molecule has 2 atom stereocenters. The van der Waals surface area contributed by atoms with Crippen LogP contribution in [0.3, 0.4) is 0 Å². The van der Waals surface area contributed by atoms with Crippen LogP contribution < -0.4 is 10.6 Å². The lowest BCUT2D eigenvalue weighted by Gasteiger charge is -2.23. The number of nitrogens with zero attached hydrogens (tertiary/aromatic N) is 1. The molecule has 104 valence electrons. The molecule has 2 heterocycles. The zero-order chi connectivity index (χ0) is 13.8. The van der Waals surface area contributed by atoms with E-state index in [1.807, 2.05) is 31.1 Å². The highest BCUT2D eigenvalue weighted by Crippen LogP contribution is 2.17. The smallest absolute Gasteiger partial charge is 0.242 e. The summed E-state index contributed by atoms with van der Waals surface area (Å²) < 4.78 is 5.37. The van der Waals surface area contributed by atoms with Crippen molar-refractivity contribution in [3.8, 4) is 0 Å². The number of carbonyl (C=O) groups is 2. The second kappa shape index (κ2) is 5.88. The molecular weight excluding hydrogens is 246 g/mol. The Morgan fingerprint density at radius 1 is 1.63 bits per heavy atom. The third kappa shape index (κ3) is 3.35. The summed E-state index contributed by atoms with van der Waals surface area (Å²) in [7, 11) is 3.85. The Balaban J connectivity index is 1.89. The molecule has 0 aliphatic carbocycles. The van der Waals surface area contributed by atoms with Gasteiger partial charge in [-0.05, 0) is 32.6 Å². The van der Waals surface area contributed by atoms with Gasteiger partial charge in [-0.2, -0.15) is 0 Å². The summed E-state index contributed by atoms with van der Waals surface area (Å²) >= 11 is 0. The molecule has 0 aromatic carbocycles. The Morgan fingerprint density at radius 2 is 2.42 bits per heavy atom. The number of furan rings is 1. The first-order valence-corrected chi connectivity index (χ1v) is 6.35. The first-order valence-electron chi connectivity index (χ1n) is 6.35. The maximum Gasteiger partial charge on any atom is 0.242 e. The van der Waals surface area contributed by atoms with Crippen molar-refractivity contribution in [1.29, 1.82) is 0 Å². The minimum atomic E-state index is -0.396. The van der Waals surface area contributed by atoms with E-state index in [0.717, 1.165) is 5.76 Å². The molecule has 2 amide bonds. The molecule has 0 saturated carbocycles. The Kier molecular flexibility index (Phi) is 4.21. The van der Waals surface area contributed by atoms with Gasteiger partial charge >= 0.3 is 0 Å². The normalized spacial score (nSPS) is 20.4. The number of carbonyl (C=O) groups excluding carboxylic acids is 2. The monoisotopic (exact) mass is 265 g/mol. The van der Waals surface area contributed by atoms with E-state index in [2.05, 4.69) is 10.6 Å². The summed E-state index contributed by atoms with van der Waals surface area (Å²) in [6.07, 6.45) is 2.61. The summed E-state index contributed by atoms with van der Waals surface area (Å²) in [5, 5.41) is 5.51. The topological polar surface area (TPSA) is 74.6 Å². The summed E-state index contributed by atoms with van der Waals surface area (Å²) in [4.78, 5) is 25.0. The molecule has 1 saturated heterocycles. The highest BCUT2D eigenvalue weighted by Gasteiger charge is 2.28. The van der Waals surface area contributed by atoms with E-state index in [1.165, 1.54) is 0 Å². The average molecular weight is 265 g/mol. The standard InChI is InChI=1S/C13H19N3O3/c1-16(2)10(11-4-3-7-19-11)8-14-13(18)9-5-6-12(17)15-9/h3-4,7,9-10H,5-6,8H2,1-2H3,(H,14,18)(H,15,17)/t9-,10-/m1/s1. The van der Waals surface area contributed by atoms with Gasteiger partial charge in [0.05, 0.1) is 12.3 Å². The third-order valence-electron chi connectivity index (χ3n) is 3.28. The van der Waals surface area contributed by atoms with Crippen molar-refractivity contribution < 1.29 is 14.0 Å². The first-order chi connectivity index (χ1) is 9.08. The van der Waals surface area contributed by atoms with E-state index < -0.39 is 6.04 Å². The lowest BCUT2D eigenvalue weighted by atomic mass is 10.2. The van der Waals surface area contributed by atoms with Crippen molar-refractivity contribution in [2.45, 2.75) is 24.9 Å². The highest BCUT2D eigenvalue weighted by atomic mass is 16.3. The first kappa shape index (κ1) is 13.6. The molecule has 1 fully saturated rings. The fourth-order valence-electron chi connectivity index (χ4n) is 2.15. The van der Waals surface area contributed by atoms with Crippen LogP contribution in [0.1, 0.15) is 24.6 Å². The second-order valence-electron chi connectivity index (χ2n) is 4.90. The van der Waals surface area contributed by atoms with Crippen LogP contribution in [-0.4, -0.2) is 43.4 Å². The molecule has 0 unspecified atom stereocenters. The molecule has 1 aromatic rings. The van der Waals surface area contributed by atoms with E-state index in [0.29, 0.717) is 19.4 Å². The average Bonchev–Trinajstić information content (AvgIpc) is 3.00. The predicted molar refractivity (Wildman–Crippen MR) is 69.3 cm³/mol. The zero-order valence-corrected chi connectivity index (χ0v) is 11.2. The summed E-state index contributed by atoms with van der Waals surface area (Å²) in [6, 6.07) is 3.29. The molecule has 0 spiro atoms. The molecule has 0 bridgehead atoms. The summed E-state index contributed by atoms with van der Waals surface area (Å²) in [5.74, 6) is 0.611. The summed E-state index contributed by atoms with van der Waals surface area (Å²) in [6.45, 7) is 0.450. The van der Waals surface area contributed by atoms with E-state index in [4.69, 9.17) is 4.42 Å². The van der Waals surface area contributed by atoms with Crippen LogP contribution in [0, 0.1) is 0 Å². The maximum atomic E-state index is 11.9. The fourth-order valence-corrected chi connectivity index (χ4v) is 2.15. The van der Waals surface area contributed by atoms with Crippen molar-refractivity contribution in [1.82, 2.24) is 15.5 Å². The van der Waals surface area contributed by atoms with Crippen molar-refractivity contribution >= 4 is 11.8 Å². The van der Waals surface area contributed by atoms with E-state index in [1.54, 1.807) is 6.26 Å². The molecular formula is C13H19N3O3. The predicted octanol–water partition coefficient (Wildman–Crippen LogP) is 0.277. The van der Waals surface area contributed by atoms with Gasteiger partial charge in [-0.1, -0.05) is 0 Å². The van der Waals surface area contributed by atoms with Crippen LogP contribution in [0.25, 0.3) is 0 Å². The molecule has 2 N–H and O–H groups in total. The lowest BCUT2D eigenvalue weighted by molar-refractivity contribution is -0.125. The van der Waals surface area contributed by atoms with Gasteiger partial charge in [0.15, 0.2) is 0 Å². The fraction of sp³-hybridized carbons (Fsp3) is 0.538. The molecule has 1 aromatic heterocycles. The SMILES string of the molecule is CN(C)[C@H](CNC(=O)[C@H]1CCC(=O)N1)c1ccco1. The molecule has 0 radical (unpaired) electrons. The molecule has 2 rings (SSSR count). The Hall–Kier alpha value is -1.82. The minimum absolute atomic E-state index is 0.0175. The van der Waals surface area contributed by atoms with Gasteiger partial charge in [0.25, 0.3) is 0 Å². The van der Waals surface area contributed by atoms with Gasteiger partial charge in [-0.3, -0.25) is 14.5 Å². The van der Waals surface area contributed by atoms with Crippen LogP contribution in [0.15, 0.2) is 22.8 Å². The Labute approximate surface area is 112 Å². The minimum Gasteiger partial charge on any atom is -0.468 e. The summed E-state index contributed by atoms with van der Waals surface area (Å²) in [5.41, 5.74) is 0. The second-order valence-corrected chi connectivity index (χ2v) is 4.90. The number of rotatable bonds is 5. The van der Waals surface area contributed by atoms with Crippen molar-refractivity contribution in [3.05, 3.63) is 24.2 Å². The van der Waals surface area contributed by atoms with Gasteiger partial charge in [0.1, 0.15) is 11.8 Å². The molecule has 6 nitrogen and oxygen atoms in total. The van der Waals surface area contributed by atoms with Crippen molar-refractivity contribution in [2.24, 2.45) is 0 Å². The maximum absolute atomic E-state index is 11.9. The number of amides is 2. The van der Waals surface area contributed by atoms with Crippen molar-refractivity contribution in [3.63, 3.8) is 0 Å². The lowest BCUT2D eigenvalue weighted by Crippen LogP contribution is -2.44. The van der Waals surface area contributed by atoms with E-state index >= 15 is 0 Å². The number of hydrogen-bond acceptors (Lipinski definition) is 4. The molecule has 19 heavy (non-hydrogen) atoms. The van der Waals surface area contributed by atoms with Gasteiger partial charge < -0.3 is 15.1 Å². The van der Waals surface area contributed by atoms with Crippen LogP contribution in [0.2, 0.25) is 0 Å². The third-order valence-corrected chi connectivity index (χ3v) is 3.28. The van der Waals surface area contributed by atoms with Crippen LogP contribution in [-0.2, 0) is 9.59 Å². The van der Waals surface area contributed by atoms with Gasteiger partial charge in [0.2, 0.25) is 11.8 Å². The van der Waals surface area contributed by atoms with Gasteiger partial charge in [0, 0.05) is 13.0 Å². The molecule has 6 heteroatoms. The van der Waals surface area contributed by atoms with Crippen LogP contribution >= 0.6 is 0 Å². The highest BCUT2D eigenvalue weighted by molar-refractivity contribution is 5.90. The Bertz CT molecular complexity index is 442.